The Bertz CT molecular complexity index is 187. The van der Waals surface area contributed by atoms with Gasteiger partial charge in [0.1, 0.15) is 0 Å². The van der Waals surface area contributed by atoms with Crippen molar-refractivity contribution in [3.05, 3.63) is 12.3 Å². The quantitative estimate of drug-likeness (QED) is 0.394. The lowest BCUT2D eigenvalue weighted by atomic mass is 10.4. The van der Waals surface area contributed by atoms with E-state index < -0.39 is 17.3 Å². The number of esters is 1. The zero-order valence-corrected chi connectivity index (χ0v) is 6.54. The van der Waals surface area contributed by atoms with Crippen molar-refractivity contribution in [2.75, 3.05) is 0 Å². The van der Waals surface area contributed by atoms with Crippen LogP contribution in [-0.2, 0) is 14.3 Å². The molecule has 0 aliphatic heterocycles. The molecule has 0 aromatic heterocycles. The smallest absolute Gasteiger partial charge is 0.325 e. The topological polar surface area (TPSA) is 63.6 Å². The van der Waals surface area contributed by atoms with Gasteiger partial charge in [0, 0.05) is 6.92 Å². The number of aliphatic carboxylic acids is 1. The summed E-state index contributed by atoms with van der Waals surface area (Å²) in [7, 11) is 0. The Morgan fingerprint density at radius 1 is 1.64 bits per heavy atom. The lowest BCUT2D eigenvalue weighted by Crippen LogP contribution is -2.09. The molecule has 0 rings (SSSR count). The van der Waals surface area contributed by atoms with Gasteiger partial charge in [-0.15, -0.1) is 11.6 Å². The third kappa shape index (κ3) is 5.42. The number of carboxylic acids is 1. The van der Waals surface area contributed by atoms with Crippen LogP contribution in [0.5, 0.6) is 0 Å². The van der Waals surface area contributed by atoms with Gasteiger partial charge in [0.2, 0.25) is 0 Å². The highest BCUT2D eigenvalue weighted by molar-refractivity contribution is 6.30. The van der Waals surface area contributed by atoms with Crippen molar-refractivity contribution in [1.82, 2.24) is 0 Å². The Morgan fingerprint density at radius 2 is 2.18 bits per heavy atom. The van der Waals surface area contributed by atoms with E-state index >= 15 is 0 Å². The number of halogens is 1. The molecule has 0 aromatic carbocycles. The molecule has 1 atom stereocenters. The Balaban J connectivity index is 3.74. The minimum absolute atomic E-state index is 0.518. The summed E-state index contributed by atoms with van der Waals surface area (Å²) < 4.78 is 4.30. The first-order chi connectivity index (χ1) is 5.04. The van der Waals surface area contributed by atoms with Crippen LogP contribution in [-0.4, -0.2) is 22.4 Å². The summed E-state index contributed by atoms with van der Waals surface area (Å²) in [4.78, 5) is 20.2. The molecule has 5 heteroatoms. The number of alkyl halides is 1. The van der Waals surface area contributed by atoms with Gasteiger partial charge in [-0.3, -0.25) is 9.59 Å². The highest BCUT2D eigenvalue weighted by Crippen LogP contribution is 1.97. The van der Waals surface area contributed by atoms with Crippen LogP contribution in [0.3, 0.4) is 0 Å². The summed E-state index contributed by atoms with van der Waals surface area (Å²) in [5, 5.41) is 7.07. The molecule has 0 fully saturated rings. The lowest BCUT2D eigenvalue weighted by molar-refractivity contribution is -0.137. The van der Waals surface area contributed by atoms with Crippen molar-refractivity contribution in [2.24, 2.45) is 0 Å². The average molecular weight is 179 g/mol. The highest BCUT2D eigenvalue weighted by atomic mass is 35.5. The molecule has 0 aliphatic rings. The minimum atomic E-state index is -1.19. The van der Waals surface area contributed by atoms with Gasteiger partial charge in [-0.05, 0) is 6.08 Å². The van der Waals surface area contributed by atoms with Gasteiger partial charge in [0.05, 0.1) is 6.26 Å². The Kier molecular flexibility index (Phi) is 4.29. The minimum Gasteiger partial charge on any atom is -0.480 e. The largest absolute Gasteiger partial charge is 0.480 e. The second kappa shape index (κ2) is 4.73. The number of rotatable bonds is 3. The molecule has 0 aliphatic carbocycles. The fourth-order valence-corrected chi connectivity index (χ4v) is 0.346. The van der Waals surface area contributed by atoms with Gasteiger partial charge in [0.15, 0.2) is 5.38 Å². The van der Waals surface area contributed by atoms with E-state index in [4.69, 9.17) is 16.7 Å². The normalized spacial score (nSPS) is 12.9. The van der Waals surface area contributed by atoms with Crippen molar-refractivity contribution in [1.29, 1.82) is 0 Å². The van der Waals surface area contributed by atoms with Crippen LogP contribution in [0.1, 0.15) is 6.92 Å². The van der Waals surface area contributed by atoms with Crippen LogP contribution < -0.4 is 0 Å². The fraction of sp³-hybridized carbons (Fsp3) is 0.333. The van der Waals surface area contributed by atoms with Crippen LogP contribution in [0.25, 0.3) is 0 Å². The van der Waals surface area contributed by atoms with Crippen LogP contribution in [0, 0.1) is 0 Å². The zero-order valence-electron chi connectivity index (χ0n) is 5.78. The van der Waals surface area contributed by atoms with Crippen LogP contribution >= 0.6 is 11.6 Å². The maximum absolute atomic E-state index is 10.1. The third-order valence-corrected chi connectivity index (χ3v) is 1.05. The van der Waals surface area contributed by atoms with Crippen LogP contribution in [0.4, 0.5) is 0 Å². The molecule has 62 valence electrons. The fourth-order valence-electron chi connectivity index (χ4n) is 0.286. The number of hydrogen-bond acceptors (Lipinski definition) is 3. The molecule has 0 amide bonds. The Morgan fingerprint density at radius 3 is 2.55 bits per heavy atom. The molecule has 1 unspecified atom stereocenters. The van der Waals surface area contributed by atoms with Gasteiger partial charge in [-0.25, -0.2) is 0 Å². The summed E-state index contributed by atoms with van der Waals surface area (Å²) in [6.07, 6.45) is 2.01. The van der Waals surface area contributed by atoms with Crippen LogP contribution in [0.15, 0.2) is 12.3 Å². The Labute approximate surface area is 68.4 Å². The number of carbonyl (C=O) groups is 2. The predicted molar refractivity (Wildman–Crippen MR) is 38.2 cm³/mol. The summed E-state index contributed by atoms with van der Waals surface area (Å²) in [6, 6.07) is 0. The molecule has 0 aromatic rings. The number of carboxylic acid groups (broad SMARTS) is 1. The predicted octanol–water partition coefficient (Wildman–Crippen LogP) is 0.755. The van der Waals surface area contributed by atoms with Gasteiger partial charge < -0.3 is 9.84 Å². The standard InChI is InChI=1S/C6H7ClO4/c1-4(8)11-3-2-5(7)6(9)10/h2-3,5H,1H3,(H,9,10). The Hall–Kier alpha value is -1.03. The van der Waals surface area contributed by atoms with E-state index in [1.165, 1.54) is 6.92 Å². The van der Waals surface area contributed by atoms with E-state index in [0.29, 0.717) is 0 Å². The maximum atomic E-state index is 10.1. The highest BCUT2D eigenvalue weighted by Gasteiger charge is 2.08. The van der Waals surface area contributed by atoms with Gasteiger partial charge in [0.25, 0.3) is 0 Å². The van der Waals surface area contributed by atoms with E-state index in [0.717, 1.165) is 12.3 Å². The van der Waals surface area contributed by atoms with Crippen molar-refractivity contribution >= 4 is 23.5 Å². The molecule has 0 heterocycles. The molecule has 0 bridgehead atoms. The number of carbonyl (C=O) groups excluding carboxylic acids is 1. The van der Waals surface area contributed by atoms with Gasteiger partial charge in [-0.2, -0.15) is 0 Å². The second-order valence-corrected chi connectivity index (χ2v) is 2.15. The van der Waals surface area contributed by atoms with Crippen molar-refractivity contribution < 1.29 is 19.4 Å². The van der Waals surface area contributed by atoms with Gasteiger partial charge >= 0.3 is 11.9 Å². The molecule has 4 nitrogen and oxygen atoms in total. The van der Waals surface area contributed by atoms with E-state index in [2.05, 4.69) is 4.74 Å². The molecule has 0 saturated heterocycles. The molecule has 1 N–H and O–H groups in total. The van der Waals surface area contributed by atoms with Gasteiger partial charge in [-0.1, -0.05) is 0 Å². The van der Waals surface area contributed by atoms with Crippen LogP contribution in [0.2, 0.25) is 0 Å². The van der Waals surface area contributed by atoms with Crippen molar-refractivity contribution in [3.8, 4) is 0 Å². The average Bonchev–Trinajstić information content (AvgIpc) is 1.86. The first-order valence-corrected chi connectivity index (χ1v) is 3.18. The number of ether oxygens (including phenoxy) is 1. The first-order valence-electron chi connectivity index (χ1n) is 2.75. The molecular weight excluding hydrogens is 172 g/mol. The van der Waals surface area contributed by atoms with Crippen molar-refractivity contribution in [2.45, 2.75) is 12.3 Å². The molecular formula is C6H7ClO4. The summed E-state index contributed by atoms with van der Waals surface area (Å²) in [5.74, 6) is -1.70. The summed E-state index contributed by atoms with van der Waals surface area (Å²) in [6.45, 7) is 1.20. The van der Waals surface area contributed by atoms with E-state index in [9.17, 15) is 9.59 Å². The maximum Gasteiger partial charge on any atom is 0.325 e. The first kappa shape index (κ1) is 9.97. The number of hydrogen-bond donors (Lipinski definition) is 1. The van der Waals surface area contributed by atoms with E-state index in [1.54, 1.807) is 0 Å². The monoisotopic (exact) mass is 178 g/mol. The molecule has 0 radical (unpaired) electrons. The SMILES string of the molecule is CC(=O)OC=CC(Cl)C(=O)O. The summed E-state index contributed by atoms with van der Waals surface area (Å²) in [5.41, 5.74) is 0. The second-order valence-electron chi connectivity index (χ2n) is 1.68. The van der Waals surface area contributed by atoms with E-state index in [-0.39, 0.29) is 0 Å². The zero-order chi connectivity index (χ0) is 8.85. The summed E-state index contributed by atoms with van der Waals surface area (Å²) >= 11 is 5.22. The van der Waals surface area contributed by atoms with Crippen molar-refractivity contribution in [3.63, 3.8) is 0 Å². The molecule has 0 saturated carbocycles. The van der Waals surface area contributed by atoms with E-state index in [1.807, 2.05) is 0 Å². The third-order valence-electron chi connectivity index (χ3n) is 0.717. The molecule has 0 spiro atoms. The lowest BCUT2D eigenvalue weighted by Gasteiger charge is -1.94. The molecule has 11 heavy (non-hydrogen) atoms.